The molecular weight excluding hydrogens is 254 g/mol. The standard InChI is InChI=1S/C10H13N5O4/c1-6(16)19-3-2-18-5-15-4-12-8-7(15)9(17)14-10(11)13-8/h4H,2-3,5H2,1H3,(H3,11,13,14,17). The molecule has 0 fully saturated rings. The smallest absolute Gasteiger partial charge is 0.302 e. The lowest BCUT2D eigenvalue weighted by Crippen LogP contribution is -2.16. The van der Waals surface area contributed by atoms with Gasteiger partial charge in [-0.2, -0.15) is 4.98 Å². The number of nitrogen functional groups attached to an aromatic ring is 1. The van der Waals surface area contributed by atoms with E-state index in [0.29, 0.717) is 0 Å². The van der Waals surface area contributed by atoms with Gasteiger partial charge in [-0.3, -0.25) is 14.6 Å². The molecular formula is C10H13N5O4. The van der Waals surface area contributed by atoms with Crippen molar-refractivity contribution in [2.24, 2.45) is 0 Å². The minimum absolute atomic E-state index is 0.0125. The number of esters is 1. The Morgan fingerprint density at radius 3 is 3.05 bits per heavy atom. The average molecular weight is 267 g/mol. The van der Waals surface area contributed by atoms with Crippen molar-refractivity contribution in [3.8, 4) is 0 Å². The summed E-state index contributed by atoms with van der Waals surface area (Å²) in [5.41, 5.74) is 5.55. The van der Waals surface area contributed by atoms with E-state index in [0.717, 1.165) is 0 Å². The van der Waals surface area contributed by atoms with Crippen LogP contribution in [0.1, 0.15) is 6.92 Å². The van der Waals surface area contributed by atoms with E-state index >= 15 is 0 Å². The SMILES string of the molecule is CC(=O)OCCOCn1cnc2nc(N)[nH]c(=O)c21. The summed E-state index contributed by atoms with van der Waals surface area (Å²) in [6, 6.07) is 0. The van der Waals surface area contributed by atoms with Gasteiger partial charge in [0.2, 0.25) is 5.95 Å². The maximum atomic E-state index is 11.7. The van der Waals surface area contributed by atoms with E-state index in [9.17, 15) is 9.59 Å². The number of H-pyrrole nitrogens is 1. The van der Waals surface area contributed by atoms with Gasteiger partial charge in [-0.15, -0.1) is 0 Å². The molecule has 3 N–H and O–H groups in total. The molecule has 2 rings (SSSR count). The highest BCUT2D eigenvalue weighted by molar-refractivity contribution is 5.70. The Kier molecular flexibility index (Phi) is 3.76. The van der Waals surface area contributed by atoms with Crippen molar-refractivity contribution in [1.29, 1.82) is 0 Å². The maximum absolute atomic E-state index is 11.7. The van der Waals surface area contributed by atoms with Crippen LogP contribution in [0.2, 0.25) is 0 Å². The number of anilines is 1. The highest BCUT2D eigenvalue weighted by Crippen LogP contribution is 2.05. The second kappa shape index (κ2) is 5.48. The third-order valence-corrected chi connectivity index (χ3v) is 2.26. The van der Waals surface area contributed by atoms with Crippen LogP contribution in [0.3, 0.4) is 0 Å². The van der Waals surface area contributed by atoms with Gasteiger partial charge in [0.1, 0.15) is 13.3 Å². The summed E-state index contributed by atoms with van der Waals surface area (Å²) >= 11 is 0. The molecule has 9 heteroatoms. The fourth-order valence-corrected chi connectivity index (χ4v) is 1.51. The van der Waals surface area contributed by atoms with E-state index < -0.39 is 0 Å². The molecule has 2 heterocycles. The lowest BCUT2D eigenvalue weighted by molar-refractivity contribution is -0.142. The number of nitrogens with two attached hydrogens (primary N) is 1. The van der Waals surface area contributed by atoms with Crippen LogP contribution < -0.4 is 11.3 Å². The van der Waals surface area contributed by atoms with Gasteiger partial charge in [0.15, 0.2) is 11.2 Å². The topological polar surface area (TPSA) is 125 Å². The van der Waals surface area contributed by atoms with Gasteiger partial charge >= 0.3 is 5.97 Å². The molecule has 9 nitrogen and oxygen atoms in total. The largest absolute Gasteiger partial charge is 0.463 e. The molecule has 0 unspecified atom stereocenters. The van der Waals surface area contributed by atoms with Crippen LogP contribution in [0.15, 0.2) is 11.1 Å². The first-order chi connectivity index (χ1) is 9.08. The first-order valence-electron chi connectivity index (χ1n) is 5.49. The maximum Gasteiger partial charge on any atom is 0.302 e. The number of hydrogen-bond donors (Lipinski definition) is 2. The highest BCUT2D eigenvalue weighted by Gasteiger charge is 2.09. The Bertz CT molecular complexity index is 647. The predicted octanol–water partition coefficient (Wildman–Crippen LogP) is -0.761. The molecule has 0 aliphatic rings. The first-order valence-corrected chi connectivity index (χ1v) is 5.49. The fraction of sp³-hybridized carbons (Fsp3) is 0.400. The van der Waals surface area contributed by atoms with Gasteiger partial charge in [-0.05, 0) is 0 Å². The van der Waals surface area contributed by atoms with Crippen LogP contribution in [-0.2, 0) is 21.0 Å². The molecule has 0 aliphatic carbocycles. The number of carbonyl (C=O) groups excluding carboxylic acids is 1. The lowest BCUT2D eigenvalue weighted by atomic mass is 10.5. The number of fused-ring (bicyclic) bond motifs is 1. The second-order valence-corrected chi connectivity index (χ2v) is 3.72. The van der Waals surface area contributed by atoms with Gasteiger partial charge in [-0.1, -0.05) is 0 Å². The van der Waals surface area contributed by atoms with Crippen molar-refractivity contribution < 1.29 is 14.3 Å². The van der Waals surface area contributed by atoms with Crippen LogP contribution in [0.5, 0.6) is 0 Å². The predicted molar refractivity (Wildman–Crippen MR) is 65.1 cm³/mol. The molecule has 0 aromatic carbocycles. The van der Waals surface area contributed by atoms with Crippen LogP contribution in [0.25, 0.3) is 11.2 Å². The van der Waals surface area contributed by atoms with Crippen molar-refractivity contribution in [2.75, 3.05) is 18.9 Å². The summed E-state index contributed by atoms with van der Waals surface area (Å²) in [4.78, 5) is 32.5. The van der Waals surface area contributed by atoms with Crippen molar-refractivity contribution >= 4 is 23.1 Å². The van der Waals surface area contributed by atoms with Crippen molar-refractivity contribution in [1.82, 2.24) is 19.5 Å². The number of hydrogen-bond acceptors (Lipinski definition) is 7. The van der Waals surface area contributed by atoms with E-state index in [-0.39, 0.29) is 48.6 Å². The van der Waals surface area contributed by atoms with Gasteiger partial charge in [0.25, 0.3) is 5.56 Å². The molecule has 0 spiro atoms. The van der Waals surface area contributed by atoms with E-state index in [1.807, 2.05) is 0 Å². The van der Waals surface area contributed by atoms with E-state index in [1.54, 1.807) is 0 Å². The van der Waals surface area contributed by atoms with Crippen molar-refractivity contribution in [3.05, 3.63) is 16.7 Å². The van der Waals surface area contributed by atoms with E-state index in [4.69, 9.17) is 15.2 Å². The van der Waals surface area contributed by atoms with Crippen molar-refractivity contribution in [3.63, 3.8) is 0 Å². The minimum Gasteiger partial charge on any atom is -0.463 e. The van der Waals surface area contributed by atoms with Gasteiger partial charge in [0, 0.05) is 6.92 Å². The number of rotatable bonds is 5. The number of nitrogens with zero attached hydrogens (tertiary/aromatic N) is 3. The number of aromatic amines is 1. The normalized spacial score (nSPS) is 10.8. The van der Waals surface area contributed by atoms with Crippen molar-refractivity contribution in [2.45, 2.75) is 13.7 Å². The molecule has 0 bridgehead atoms. The second-order valence-electron chi connectivity index (χ2n) is 3.72. The first kappa shape index (κ1) is 13.0. The van der Waals surface area contributed by atoms with E-state index in [2.05, 4.69) is 15.0 Å². The molecule has 19 heavy (non-hydrogen) atoms. The summed E-state index contributed by atoms with van der Waals surface area (Å²) in [6.45, 7) is 1.80. The zero-order valence-corrected chi connectivity index (χ0v) is 10.3. The van der Waals surface area contributed by atoms with Crippen LogP contribution in [0, 0.1) is 0 Å². The summed E-state index contributed by atoms with van der Waals surface area (Å²) in [5, 5.41) is 0. The van der Waals surface area contributed by atoms with Crippen LogP contribution in [-0.4, -0.2) is 38.7 Å². The molecule has 0 saturated carbocycles. The van der Waals surface area contributed by atoms with E-state index in [1.165, 1.54) is 17.8 Å². The minimum atomic E-state index is -0.386. The van der Waals surface area contributed by atoms with Crippen LogP contribution in [0.4, 0.5) is 5.95 Å². The Hall–Kier alpha value is -2.42. The zero-order valence-electron chi connectivity index (χ0n) is 10.3. The van der Waals surface area contributed by atoms with Gasteiger partial charge in [0.05, 0.1) is 12.9 Å². The fourth-order valence-electron chi connectivity index (χ4n) is 1.51. The monoisotopic (exact) mass is 267 g/mol. The molecule has 0 aliphatic heterocycles. The number of imidazole rings is 1. The molecule has 102 valence electrons. The summed E-state index contributed by atoms with van der Waals surface area (Å²) < 4.78 is 11.5. The molecule has 0 radical (unpaired) electrons. The average Bonchev–Trinajstić information content (AvgIpc) is 2.71. The Labute approximate surface area is 107 Å². The van der Waals surface area contributed by atoms with Gasteiger partial charge in [-0.25, -0.2) is 4.98 Å². The summed E-state index contributed by atoms with van der Waals surface area (Å²) in [5.74, 6) is -0.355. The lowest BCUT2D eigenvalue weighted by Gasteiger charge is -2.05. The number of carbonyl (C=O) groups is 1. The molecule has 0 saturated heterocycles. The number of ether oxygens (including phenoxy) is 2. The number of nitrogens with one attached hydrogen (secondary N) is 1. The quantitative estimate of drug-likeness (QED) is 0.538. The highest BCUT2D eigenvalue weighted by atomic mass is 16.6. The summed E-state index contributed by atoms with van der Waals surface area (Å²) in [6.07, 6.45) is 1.43. The Morgan fingerprint density at radius 2 is 2.32 bits per heavy atom. The Morgan fingerprint density at radius 1 is 1.53 bits per heavy atom. The summed E-state index contributed by atoms with van der Waals surface area (Å²) in [7, 11) is 0. The molecule has 0 amide bonds. The molecule has 2 aromatic rings. The number of aromatic nitrogens is 4. The third-order valence-electron chi connectivity index (χ3n) is 2.26. The van der Waals surface area contributed by atoms with Gasteiger partial charge < -0.3 is 19.8 Å². The molecule has 2 aromatic heterocycles. The zero-order chi connectivity index (χ0) is 13.8. The molecule has 0 atom stereocenters. The van der Waals surface area contributed by atoms with Crippen LogP contribution >= 0.6 is 0 Å². The Balaban J connectivity index is 2.02. The third kappa shape index (κ3) is 3.07.